The second-order valence-electron chi connectivity index (χ2n) is 6.76. The third-order valence-electron chi connectivity index (χ3n) is 3.99. The fourth-order valence-electron chi connectivity index (χ4n) is 2.36. The van der Waals surface area contributed by atoms with Gasteiger partial charge in [-0.15, -0.1) is 0 Å². The molecule has 0 radical (unpaired) electrons. The van der Waals surface area contributed by atoms with Crippen LogP contribution in [0.1, 0.15) is 36.2 Å². The Morgan fingerprint density at radius 1 is 1.21 bits per heavy atom. The highest BCUT2D eigenvalue weighted by Gasteiger charge is 2.26. The van der Waals surface area contributed by atoms with Crippen LogP contribution in [0.15, 0.2) is 24.3 Å². The minimum atomic E-state index is -1.69. The molecule has 0 aromatic heterocycles. The molecular formula is C19H20F3IN2O3. The van der Waals surface area contributed by atoms with Gasteiger partial charge in [-0.25, -0.2) is 18.7 Å². The molecular weight excluding hydrogens is 488 g/mol. The Bertz CT molecular complexity index is 891. The zero-order chi connectivity index (χ0) is 21.1. The van der Waals surface area contributed by atoms with Gasteiger partial charge in [0.15, 0.2) is 17.5 Å². The topological polar surface area (TPSA) is 70.6 Å². The first-order chi connectivity index (χ1) is 13.1. The summed E-state index contributed by atoms with van der Waals surface area (Å²) in [6.45, 7) is 4.80. The molecule has 28 heavy (non-hydrogen) atoms. The van der Waals surface area contributed by atoms with Gasteiger partial charge < -0.3 is 10.4 Å². The van der Waals surface area contributed by atoms with E-state index in [1.165, 1.54) is 0 Å². The zero-order valence-corrected chi connectivity index (χ0v) is 17.7. The molecule has 152 valence electrons. The summed E-state index contributed by atoms with van der Waals surface area (Å²) in [5.74, 6) is -5.67. The maximum absolute atomic E-state index is 14.4. The van der Waals surface area contributed by atoms with Crippen molar-refractivity contribution in [2.75, 3.05) is 11.9 Å². The Hall–Kier alpha value is -1.85. The van der Waals surface area contributed by atoms with Gasteiger partial charge >= 0.3 is 0 Å². The number of aliphatic hydroxyl groups is 1. The molecule has 0 saturated carbocycles. The number of rotatable bonds is 7. The smallest absolute Gasteiger partial charge is 0.277 e. The molecule has 0 aliphatic heterocycles. The fourth-order valence-corrected chi connectivity index (χ4v) is 3.01. The summed E-state index contributed by atoms with van der Waals surface area (Å²) < 4.78 is 42.9. The SMILES string of the molecule is Cc1cc(I)ccc1Nc1c(C(=O)NOC(C)(C)CCO)cc(F)c(F)c1F. The molecule has 2 rings (SSSR count). The van der Waals surface area contributed by atoms with Crippen LogP contribution in [0.4, 0.5) is 24.5 Å². The van der Waals surface area contributed by atoms with Gasteiger partial charge in [0.1, 0.15) is 0 Å². The van der Waals surface area contributed by atoms with E-state index < -0.39 is 40.2 Å². The quantitative estimate of drug-likeness (QED) is 0.291. The van der Waals surface area contributed by atoms with Gasteiger partial charge in [-0.05, 0) is 73.2 Å². The summed E-state index contributed by atoms with van der Waals surface area (Å²) >= 11 is 2.10. The number of anilines is 2. The number of nitrogens with one attached hydrogen (secondary N) is 2. The van der Waals surface area contributed by atoms with Crippen molar-refractivity contribution in [3.63, 3.8) is 0 Å². The molecule has 0 spiro atoms. The molecule has 2 aromatic carbocycles. The zero-order valence-electron chi connectivity index (χ0n) is 15.5. The van der Waals surface area contributed by atoms with E-state index in [9.17, 15) is 18.0 Å². The average Bonchev–Trinajstić information content (AvgIpc) is 2.61. The van der Waals surface area contributed by atoms with Gasteiger partial charge in [0.2, 0.25) is 0 Å². The van der Waals surface area contributed by atoms with Gasteiger partial charge in [0.05, 0.1) is 16.9 Å². The van der Waals surface area contributed by atoms with Gasteiger partial charge in [0.25, 0.3) is 5.91 Å². The Kier molecular flexibility index (Phi) is 7.29. The average molecular weight is 508 g/mol. The third-order valence-corrected chi connectivity index (χ3v) is 4.66. The summed E-state index contributed by atoms with van der Waals surface area (Å²) in [5, 5.41) is 11.7. The lowest BCUT2D eigenvalue weighted by Gasteiger charge is -2.24. The van der Waals surface area contributed by atoms with Crippen LogP contribution in [0.5, 0.6) is 0 Å². The van der Waals surface area contributed by atoms with Crippen LogP contribution in [0.3, 0.4) is 0 Å². The van der Waals surface area contributed by atoms with Crippen molar-refractivity contribution >= 4 is 39.9 Å². The number of amides is 1. The number of aryl methyl sites for hydroxylation is 1. The van der Waals surface area contributed by atoms with E-state index in [1.54, 1.807) is 39.0 Å². The number of halogens is 4. The largest absolute Gasteiger partial charge is 0.396 e. The van der Waals surface area contributed by atoms with E-state index >= 15 is 0 Å². The van der Waals surface area contributed by atoms with Crippen LogP contribution in [0.2, 0.25) is 0 Å². The predicted molar refractivity (Wildman–Crippen MR) is 108 cm³/mol. The van der Waals surface area contributed by atoms with Gasteiger partial charge in [-0.1, -0.05) is 0 Å². The minimum Gasteiger partial charge on any atom is -0.396 e. The second kappa shape index (κ2) is 9.10. The number of aliphatic hydroxyl groups excluding tert-OH is 1. The monoisotopic (exact) mass is 508 g/mol. The lowest BCUT2D eigenvalue weighted by Crippen LogP contribution is -2.37. The van der Waals surface area contributed by atoms with E-state index in [-0.39, 0.29) is 13.0 Å². The lowest BCUT2D eigenvalue weighted by atomic mass is 10.1. The van der Waals surface area contributed by atoms with Crippen LogP contribution in [0, 0.1) is 27.9 Å². The number of hydrogen-bond donors (Lipinski definition) is 3. The predicted octanol–water partition coefficient (Wildman–Crippen LogP) is 4.58. The van der Waals surface area contributed by atoms with Gasteiger partial charge in [-0.2, -0.15) is 0 Å². The number of hydroxylamine groups is 1. The molecule has 9 heteroatoms. The van der Waals surface area contributed by atoms with Crippen LogP contribution in [-0.2, 0) is 4.84 Å². The standard InChI is InChI=1S/C19H20F3IN2O3/c1-10-8-11(23)4-5-14(10)24-17-12(9-13(20)15(21)16(17)22)18(27)25-28-19(2,3)6-7-26/h4-5,8-9,24,26H,6-7H2,1-3H3,(H,25,27). The Labute approximate surface area is 174 Å². The van der Waals surface area contributed by atoms with Crippen molar-refractivity contribution in [2.45, 2.75) is 32.8 Å². The molecule has 0 bridgehead atoms. The maximum atomic E-state index is 14.4. The van der Waals surface area contributed by atoms with E-state index in [0.717, 1.165) is 9.13 Å². The molecule has 3 N–H and O–H groups in total. The van der Waals surface area contributed by atoms with Crippen LogP contribution < -0.4 is 10.8 Å². The van der Waals surface area contributed by atoms with E-state index in [1.807, 2.05) is 0 Å². The van der Waals surface area contributed by atoms with Crippen molar-refractivity contribution in [3.05, 3.63) is 56.4 Å². The Morgan fingerprint density at radius 3 is 2.50 bits per heavy atom. The van der Waals surface area contributed by atoms with Crippen LogP contribution >= 0.6 is 22.6 Å². The highest BCUT2D eigenvalue weighted by Crippen LogP contribution is 2.30. The number of benzene rings is 2. The van der Waals surface area contributed by atoms with Gasteiger partial charge in [-0.3, -0.25) is 9.63 Å². The van der Waals surface area contributed by atoms with Crippen LogP contribution in [0.25, 0.3) is 0 Å². The van der Waals surface area contributed by atoms with E-state index in [0.29, 0.717) is 11.8 Å². The van der Waals surface area contributed by atoms with E-state index in [2.05, 4.69) is 33.4 Å². The second-order valence-corrected chi connectivity index (χ2v) is 8.01. The summed E-state index contributed by atoms with van der Waals surface area (Å²) in [6.07, 6.45) is 0.215. The third kappa shape index (κ3) is 5.36. The minimum absolute atomic E-state index is 0.179. The molecule has 0 aliphatic carbocycles. The van der Waals surface area contributed by atoms with Crippen molar-refractivity contribution in [1.82, 2.24) is 5.48 Å². The highest BCUT2D eigenvalue weighted by atomic mass is 127. The molecule has 0 heterocycles. The van der Waals surface area contributed by atoms with Crippen molar-refractivity contribution in [2.24, 2.45) is 0 Å². The first-order valence-electron chi connectivity index (χ1n) is 8.35. The molecule has 0 fully saturated rings. The molecule has 1 amide bonds. The Morgan fingerprint density at radius 2 is 1.89 bits per heavy atom. The normalized spacial score (nSPS) is 11.4. The summed E-state index contributed by atoms with van der Waals surface area (Å²) in [4.78, 5) is 17.7. The molecule has 2 aromatic rings. The highest BCUT2D eigenvalue weighted by molar-refractivity contribution is 14.1. The summed E-state index contributed by atoms with van der Waals surface area (Å²) in [7, 11) is 0. The maximum Gasteiger partial charge on any atom is 0.277 e. The summed E-state index contributed by atoms with van der Waals surface area (Å²) in [6, 6.07) is 5.79. The van der Waals surface area contributed by atoms with Crippen molar-refractivity contribution in [1.29, 1.82) is 0 Å². The summed E-state index contributed by atoms with van der Waals surface area (Å²) in [5.41, 5.74) is 1.37. The number of carbonyl (C=O) groups excluding carboxylic acids is 1. The molecule has 0 aliphatic rings. The van der Waals surface area contributed by atoms with Crippen molar-refractivity contribution < 1.29 is 27.9 Å². The van der Waals surface area contributed by atoms with Crippen LogP contribution in [-0.4, -0.2) is 23.2 Å². The van der Waals surface area contributed by atoms with Crippen molar-refractivity contribution in [3.8, 4) is 0 Å². The first kappa shape index (κ1) is 22.4. The molecule has 0 unspecified atom stereocenters. The van der Waals surface area contributed by atoms with Gasteiger partial charge in [0, 0.05) is 22.3 Å². The number of hydrogen-bond acceptors (Lipinski definition) is 4. The Balaban J connectivity index is 2.39. The molecule has 5 nitrogen and oxygen atoms in total. The molecule has 0 atom stereocenters. The molecule has 0 saturated heterocycles. The fraction of sp³-hybridized carbons (Fsp3) is 0.316. The lowest BCUT2D eigenvalue weighted by molar-refractivity contribution is -0.0805. The van der Waals surface area contributed by atoms with E-state index in [4.69, 9.17) is 9.94 Å². The first-order valence-corrected chi connectivity index (χ1v) is 9.43. The number of carbonyl (C=O) groups is 1.